The Labute approximate surface area is 289 Å². The Kier molecular flexibility index (Phi) is 7.38. The molecule has 2 bridgehead atoms. The van der Waals surface area contributed by atoms with Crippen LogP contribution in [0.4, 0.5) is 0 Å². The van der Waals surface area contributed by atoms with Gasteiger partial charge in [0.25, 0.3) is 0 Å². The van der Waals surface area contributed by atoms with Crippen molar-refractivity contribution in [1.29, 1.82) is 0 Å². The van der Waals surface area contributed by atoms with Gasteiger partial charge in [0.15, 0.2) is 17.5 Å². The Morgan fingerprint density at radius 1 is 0.449 bits per heavy atom. The summed E-state index contributed by atoms with van der Waals surface area (Å²) in [6.45, 7) is 4.92. The van der Waals surface area contributed by atoms with E-state index in [-0.39, 0.29) is 0 Å². The number of hydrogen-bond acceptors (Lipinski definition) is 3. The van der Waals surface area contributed by atoms with Crippen LogP contribution in [0.25, 0.3) is 66.8 Å². The monoisotopic (exact) mass is 635 g/mol. The number of hydrogen-bond donors (Lipinski definition) is 0. The van der Waals surface area contributed by atoms with E-state index in [1.54, 1.807) is 0 Å². The van der Waals surface area contributed by atoms with Crippen molar-refractivity contribution < 1.29 is 0 Å². The zero-order valence-corrected chi connectivity index (χ0v) is 28.3. The van der Waals surface area contributed by atoms with Crippen LogP contribution in [0.2, 0.25) is 0 Å². The second-order valence-corrected chi connectivity index (χ2v) is 15.0. The van der Waals surface area contributed by atoms with E-state index in [0.29, 0.717) is 22.9 Å². The highest BCUT2D eigenvalue weighted by molar-refractivity contribution is 6.08. The maximum atomic E-state index is 5.14. The molecule has 0 N–H and O–H groups in total. The van der Waals surface area contributed by atoms with E-state index < -0.39 is 0 Å². The molecule has 3 heteroatoms. The third kappa shape index (κ3) is 5.61. The first kappa shape index (κ1) is 29.9. The summed E-state index contributed by atoms with van der Waals surface area (Å²) in [5.74, 6) is 4.51. The minimum absolute atomic E-state index is 0.295. The normalized spacial score (nSPS) is 22.0. The zero-order valence-electron chi connectivity index (χ0n) is 28.3. The van der Waals surface area contributed by atoms with Crippen LogP contribution >= 0.6 is 0 Å². The number of nitrogens with zero attached hydrogens (tertiary/aromatic N) is 3. The first-order valence-corrected chi connectivity index (χ1v) is 17.9. The van der Waals surface area contributed by atoms with Gasteiger partial charge in [-0.1, -0.05) is 141 Å². The number of fused-ring (bicyclic) bond motifs is 5. The molecule has 9 rings (SSSR count). The highest BCUT2D eigenvalue weighted by Gasteiger charge is 2.45. The lowest BCUT2D eigenvalue weighted by Crippen LogP contribution is -2.42. The Bertz CT molecular complexity index is 2270. The molecule has 2 unspecified atom stereocenters. The van der Waals surface area contributed by atoms with Gasteiger partial charge in [-0.15, -0.1) is 0 Å². The molecule has 3 nitrogen and oxygen atoms in total. The van der Waals surface area contributed by atoms with Crippen LogP contribution < -0.4 is 0 Å². The lowest BCUT2D eigenvalue weighted by atomic mass is 9.54. The van der Waals surface area contributed by atoms with Crippen molar-refractivity contribution in [2.45, 2.75) is 51.4 Å². The largest absolute Gasteiger partial charge is 0.208 e. The van der Waals surface area contributed by atoms with Gasteiger partial charge in [-0.05, 0) is 99.6 Å². The highest BCUT2D eigenvalue weighted by Crippen LogP contribution is 2.54. The van der Waals surface area contributed by atoms with Crippen LogP contribution in [-0.2, 0) is 5.41 Å². The van der Waals surface area contributed by atoms with E-state index in [9.17, 15) is 0 Å². The van der Waals surface area contributed by atoms with Crippen molar-refractivity contribution in [3.8, 4) is 45.3 Å². The van der Waals surface area contributed by atoms with E-state index in [1.807, 2.05) is 0 Å². The summed E-state index contributed by atoms with van der Waals surface area (Å²) in [5, 5.41) is 4.92. The summed E-state index contributed by atoms with van der Waals surface area (Å²) in [7, 11) is 0. The molecule has 49 heavy (non-hydrogen) atoms. The molecule has 0 radical (unpaired) electrons. The van der Waals surface area contributed by atoms with Gasteiger partial charge in [-0.25, -0.2) is 15.0 Å². The van der Waals surface area contributed by atoms with Crippen molar-refractivity contribution in [2.75, 3.05) is 0 Å². The third-order valence-corrected chi connectivity index (χ3v) is 11.3. The lowest BCUT2D eigenvalue weighted by Gasteiger charge is -2.50. The van der Waals surface area contributed by atoms with E-state index >= 15 is 0 Å². The first-order chi connectivity index (χ1) is 24.0. The van der Waals surface area contributed by atoms with Crippen LogP contribution in [0.5, 0.6) is 0 Å². The predicted octanol–water partition coefficient (Wildman–Crippen LogP) is 11.9. The molecule has 1 heterocycles. The highest BCUT2D eigenvalue weighted by atomic mass is 15.0. The molecular weight excluding hydrogens is 595 g/mol. The molecule has 0 amide bonds. The molecule has 0 spiro atoms. The molecule has 6 aromatic carbocycles. The van der Waals surface area contributed by atoms with Crippen LogP contribution in [0, 0.1) is 17.8 Å². The van der Waals surface area contributed by atoms with Gasteiger partial charge < -0.3 is 0 Å². The van der Waals surface area contributed by atoms with Gasteiger partial charge in [0.2, 0.25) is 0 Å². The molecular formula is C46H41N3. The van der Waals surface area contributed by atoms with Gasteiger partial charge in [-0.3, -0.25) is 0 Å². The van der Waals surface area contributed by atoms with Gasteiger partial charge in [-0.2, -0.15) is 0 Å². The molecule has 0 aliphatic heterocycles. The van der Waals surface area contributed by atoms with Crippen LogP contribution in [0.3, 0.4) is 0 Å². The fourth-order valence-electron chi connectivity index (χ4n) is 9.39. The van der Waals surface area contributed by atoms with Gasteiger partial charge in [0.05, 0.1) is 0 Å². The average Bonchev–Trinajstić information content (AvgIpc) is 3.14. The molecule has 2 aliphatic rings. The summed E-state index contributed by atoms with van der Waals surface area (Å²) < 4.78 is 0. The van der Waals surface area contributed by atoms with Crippen molar-refractivity contribution in [3.63, 3.8) is 0 Å². The SMILES string of the molecule is CC1CC2CC(C)CC(c3ccc(-c4nc(-c5ccc(-c6ccccc6)cc5)nc(-c5ccc6c(ccc7ccccc76)c5)n4)cc3)(C1)C2. The van der Waals surface area contributed by atoms with E-state index in [4.69, 9.17) is 15.0 Å². The average molecular weight is 636 g/mol. The van der Waals surface area contributed by atoms with Gasteiger partial charge in [0.1, 0.15) is 0 Å². The van der Waals surface area contributed by atoms with Gasteiger partial charge >= 0.3 is 0 Å². The maximum Gasteiger partial charge on any atom is 0.164 e. The summed E-state index contributed by atoms with van der Waals surface area (Å²) in [6.07, 6.45) is 6.69. The maximum absolute atomic E-state index is 5.14. The van der Waals surface area contributed by atoms with Crippen molar-refractivity contribution >= 4 is 21.5 Å². The summed E-state index contributed by atoms with van der Waals surface area (Å²) in [6, 6.07) is 47.9. The molecule has 2 atom stereocenters. The number of rotatable bonds is 5. The molecule has 0 saturated heterocycles. The molecule has 7 aromatic rings. The number of aromatic nitrogens is 3. The minimum atomic E-state index is 0.295. The fourth-order valence-corrected chi connectivity index (χ4v) is 9.39. The van der Waals surface area contributed by atoms with Crippen LogP contribution in [0.15, 0.2) is 133 Å². The fraction of sp³-hybridized carbons (Fsp3) is 0.239. The summed E-state index contributed by atoms with van der Waals surface area (Å²) in [5.41, 5.74) is 7.15. The molecule has 2 saturated carbocycles. The quantitative estimate of drug-likeness (QED) is 0.177. The smallest absolute Gasteiger partial charge is 0.164 e. The van der Waals surface area contributed by atoms with E-state index in [1.165, 1.54) is 70.3 Å². The molecule has 2 aliphatic carbocycles. The van der Waals surface area contributed by atoms with Crippen molar-refractivity contribution in [1.82, 2.24) is 15.0 Å². The summed E-state index contributed by atoms with van der Waals surface area (Å²) in [4.78, 5) is 15.3. The molecule has 2 fully saturated rings. The zero-order chi connectivity index (χ0) is 33.0. The topological polar surface area (TPSA) is 38.7 Å². The van der Waals surface area contributed by atoms with Crippen molar-refractivity contribution in [2.24, 2.45) is 17.8 Å². The lowest BCUT2D eigenvalue weighted by molar-refractivity contribution is 0.0780. The Morgan fingerprint density at radius 3 is 1.65 bits per heavy atom. The minimum Gasteiger partial charge on any atom is -0.208 e. The van der Waals surface area contributed by atoms with E-state index in [2.05, 4.69) is 147 Å². The second-order valence-electron chi connectivity index (χ2n) is 15.0. The van der Waals surface area contributed by atoms with Crippen LogP contribution in [0.1, 0.15) is 51.5 Å². The van der Waals surface area contributed by atoms with Gasteiger partial charge in [0, 0.05) is 16.7 Å². The Balaban J connectivity index is 1.13. The Morgan fingerprint density at radius 2 is 0.959 bits per heavy atom. The van der Waals surface area contributed by atoms with Crippen LogP contribution in [-0.4, -0.2) is 15.0 Å². The predicted molar refractivity (Wildman–Crippen MR) is 203 cm³/mol. The Hall–Kier alpha value is -5.15. The van der Waals surface area contributed by atoms with Crippen molar-refractivity contribution in [3.05, 3.63) is 139 Å². The number of benzene rings is 6. The summed E-state index contributed by atoms with van der Waals surface area (Å²) >= 11 is 0. The first-order valence-electron chi connectivity index (χ1n) is 17.9. The standard InChI is InChI=1S/C46H41N3/c1-30-24-32-25-31(2)28-46(27-30,29-32)40-21-18-37(19-22-40)44-47-43(36-15-12-34(13-16-36)33-8-4-3-5-9-33)48-45(49-44)39-20-23-42-38(26-39)17-14-35-10-6-7-11-41(35)42/h3-23,26,30-32H,24-25,27-29H2,1-2H3. The molecule has 1 aromatic heterocycles. The second kappa shape index (κ2) is 12.1. The van der Waals surface area contributed by atoms with E-state index in [0.717, 1.165) is 34.4 Å². The third-order valence-electron chi connectivity index (χ3n) is 11.3. The molecule has 240 valence electrons.